The molecule has 1 amide bonds. The standard InChI is InChI=1S/C22H30N4O2/c1-28-15-14-25-11-5-8-22(21(25)27)9-12-24(18-22)17-20-23-10-13-26(20)16-19-6-3-2-4-7-19/h2-4,6-7,10,13H,5,8-9,11-12,14-18H2,1H3. The average molecular weight is 383 g/mol. The molecule has 1 atom stereocenters. The average Bonchev–Trinajstić information content (AvgIpc) is 3.32. The number of hydrogen-bond donors (Lipinski definition) is 0. The van der Waals surface area contributed by atoms with Crippen molar-refractivity contribution in [1.29, 1.82) is 0 Å². The highest BCUT2D eigenvalue weighted by Crippen LogP contribution is 2.40. The monoisotopic (exact) mass is 382 g/mol. The number of rotatable bonds is 7. The Morgan fingerprint density at radius 1 is 1.14 bits per heavy atom. The van der Waals surface area contributed by atoms with Crippen LogP contribution in [-0.4, -0.2) is 65.2 Å². The summed E-state index contributed by atoms with van der Waals surface area (Å²) in [6.45, 7) is 5.62. The quantitative estimate of drug-likeness (QED) is 0.738. The van der Waals surface area contributed by atoms with Crippen LogP contribution in [0.4, 0.5) is 0 Å². The molecule has 2 aromatic rings. The molecule has 2 saturated heterocycles. The third kappa shape index (κ3) is 3.98. The molecule has 6 heteroatoms. The maximum absolute atomic E-state index is 13.1. The Morgan fingerprint density at radius 2 is 2.00 bits per heavy atom. The SMILES string of the molecule is COCCN1CCCC2(CCN(Cc3nccn3Cc3ccccc3)C2)C1=O. The van der Waals surface area contributed by atoms with Crippen molar-refractivity contribution in [2.75, 3.05) is 39.9 Å². The molecular formula is C22H30N4O2. The predicted molar refractivity (Wildman–Crippen MR) is 108 cm³/mol. The second-order valence-corrected chi connectivity index (χ2v) is 8.09. The normalized spacial score (nSPS) is 23.0. The topological polar surface area (TPSA) is 50.6 Å². The Kier molecular flexibility index (Phi) is 5.78. The fourth-order valence-electron chi connectivity index (χ4n) is 4.65. The Labute approximate surface area is 167 Å². The molecule has 1 aromatic heterocycles. The van der Waals surface area contributed by atoms with Gasteiger partial charge in [-0.2, -0.15) is 0 Å². The Hall–Kier alpha value is -2.18. The van der Waals surface area contributed by atoms with Crippen LogP contribution in [0, 0.1) is 5.41 Å². The first-order valence-corrected chi connectivity index (χ1v) is 10.2. The van der Waals surface area contributed by atoms with Gasteiger partial charge >= 0.3 is 0 Å². The van der Waals surface area contributed by atoms with E-state index in [-0.39, 0.29) is 5.41 Å². The molecule has 1 aromatic carbocycles. The van der Waals surface area contributed by atoms with Gasteiger partial charge in [0.2, 0.25) is 5.91 Å². The zero-order valence-corrected chi connectivity index (χ0v) is 16.7. The molecule has 150 valence electrons. The van der Waals surface area contributed by atoms with E-state index in [9.17, 15) is 4.79 Å². The summed E-state index contributed by atoms with van der Waals surface area (Å²) in [6, 6.07) is 10.5. The highest BCUT2D eigenvalue weighted by molar-refractivity contribution is 5.84. The molecule has 6 nitrogen and oxygen atoms in total. The maximum Gasteiger partial charge on any atom is 0.230 e. The summed E-state index contributed by atoms with van der Waals surface area (Å²) in [5.41, 5.74) is 1.07. The minimum absolute atomic E-state index is 0.206. The number of hydrogen-bond acceptors (Lipinski definition) is 4. The number of ether oxygens (including phenoxy) is 1. The number of carbonyl (C=O) groups is 1. The van der Waals surface area contributed by atoms with E-state index in [0.29, 0.717) is 19.1 Å². The van der Waals surface area contributed by atoms with Crippen molar-refractivity contribution in [3.05, 3.63) is 54.1 Å². The fraction of sp³-hybridized carbons (Fsp3) is 0.545. The van der Waals surface area contributed by atoms with Gasteiger partial charge in [-0.1, -0.05) is 30.3 Å². The minimum atomic E-state index is -0.206. The van der Waals surface area contributed by atoms with Crippen molar-refractivity contribution >= 4 is 5.91 Å². The van der Waals surface area contributed by atoms with Gasteiger partial charge in [0, 0.05) is 45.7 Å². The van der Waals surface area contributed by atoms with Crippen molar-refractivity contribution in [2.24, 2.45) is 5.41 Å². The summed E-state index contributed by atoms with van der Waals surface area (Å²) >= 11 is 0. The third-order valence-corrected chi connectivity index (χ3v) is 6.18. The van der Waals surface area contributed by atoms with Crippen LogP contribution in [0.1, 0.15) is 30.7 Å². The van der Waals surface area contributed by atoms with Crippen LogP contribution in [0.25, 0.3) is 0 Å². The van der Waals surface area contributed by atoms with Crippen molar-refractivity contribution in [3.8, 4) is 0 Å². The van der Waals surface area contributed by atoms with Gasteiger partial charge in [0.1, 0.15) is 5.82 Å². The number of carbonyl (C=O) groups excluding carboxylic acids is 1. The molecule has 3 heterocycles. The first-order chi connectivity index (χ1) is 13.7. The molecule has 0 aliphatic carbocycles. The molecule has 1 unspecified atom stereocenters. The highest BCUT2D eigenvalue weighted by atomic mass is 16.5. The number of benzene rings is 1. The lowest BCUT2D eigenvalue weighted by atomic mass is 9.78. The van der Waals surface area contributed by atoms with E-state index < -0.39 is 0 Å². The second kappa shape index (κ2) is 8.45. The van der Waals surface area contributed by atoms with Crippen molar-refractivity contribution < 1.29 is 9.53 Å². The number of piperidine rings is 1. The molecule has 28 heavy (non-hydrogen) atoms. The Balaban J connectivity index is 1.40. The third-order valence-electron chi connectivity index (χ3n) is 6.18. The molecule has 2 fully saturated rings. The van der Waals surface area contributed by atoms with E-state index in [4.69, 9.17) is 4.74 Å². The number of amides is 1. The zero-order chi connectivity index (χ0) is 19.4. The molecule has 2 aliphatic heterocycles. The summed E-state index contributed by atoms with van der Waals surface area (Å²) in [7, 11) is 1.69. The molecular weight excluding hydrogens is 352 g/mol. The van der Waals surface area contributed by atoms with Crippen LogP contribution in [-0.2, 0) is 22.6 Å². The lowest BCUT2D eigenvalue weighted by Gasteiger charge is -2.39. The largest absolute Gasteiger partial charge is 0.383 e. The van der Waals surface area contributed by atoms with E-state index in [0.717, 1.165) is 57.8 Å². The molecule has 0 saturated carbocycles. The van der Waals surface area contributed by atoms with Gasteiger partial charge in [-0.15, -0.1) is 0 Å². The van der Waals surface area contributed by atoms with Gasteiger partial charge in [-0.25, -0.2) is 4.98 Å². The minimum Gasteiger partial charge on any atom is -0.383 e. The number of nitrogens with zero attached hydrogens (tertiary/aromatic N) is 4. The summed E-state index contributed by atoms with van der Waals surface area (Å²) < 4.78 is 7.40. The molecule has 0 radical (unpaired) electrons. The fourth-order valence-corrected chi connectivity index (χ4v) is 4.65. The van der Waals surface area contributed by atoms with Gasteiger partial charge in [0.05, 0.1) is 18.6 Å². The smallest absolute Gasteiger partial charge is 0.230 e. The summed E-state index contributed by atoms with van der Waals surface area (Å²) in [6.07, 6.45) is 6.97. The summed E-state index contributed by atoms with van der Waals surface area (Å²) in [4.78, 5) is 22.1. The Morgan fingerprint density at radius 3 is 2.82 bits per heavy atom. The van der Waals surface area contributed by atoms with Crippen molar-refractivity contribution in [3.63, 3.8) is 0 Å². The summed E-state index contributed by atoms with van der Waals surface area (Å²) in [5, 5.41) is 0. The maximum atomic E-state index is 13.1. The van der Waals surface area contributed by atoms with Crippen LogP contribution >= 0.6 is 0 Å². The van der Waals surface area contributed by atoms with Gasteiger partial charge in [-0.05, 0) is 31.4 Å². The molecule has 0 bridgehead atoms. The van der Waals surface area contributed by atoms with Crippen molar-refractivity contribution in [2.45, 2.75) is 32.4 Å². The van der Waals surface area contributed by atoms with Gasteiger partial charge in [0.15, 0.2) is 0 Å². The van der Waals surface area contributed by atoms with Crippen LogP contribution in [0.2, 0.25) is 0 Å². The lowest BCUT2D eigenvalue weighted by Crippen LogP contribution is -2.50. The number of imidazole rings is 1. The van der Waals surface area contributed by atoms with Crippen LogP contribution in [0.3, 0.4) is 0 Å². The molecule has 4 rings (SSSR count). The van der Waals surface area contributed by atoms with Crippen LogP contribution < -0.4 is 0 Å². The zero-order valence-electron chi connectivity index (χ0n) is 16.7. The number of likely N-dealkylation sites (tertiary alicyclic amines) is 2. The second-order valence-electron chi connectivity index (χ2n) is 8.09. The van der Waals surface area contributed by atoms with E-state index in [1.165, 1.54) is 5.56 Å². The van der Waals surface area contributed by atoms with E-state index in [1.54, 1.807) is 7.11 Å². The van der Waals surface area contributed by atoms with E-state index in [1.807, 2.05) is 23.4 Å². The first kappa shape index (κ1) is 19.2. The number of aromatic nitrogens is 2. The lowest BCUT2D eigenvalue weighted by molar-refractivity contribution is -0.146. The van der Waals surface area contributed by atoms with Gasteiger partial charge in [-0.3, -0.25) is 9.69 Å². The summed E-state index contributed by atoms with van der Waals surface area (Å²) in [5.74, 6) is 1.39. The predicted octanol–water partition coefficient (Wildman–Crippen LogP) is 2.39. The van der Waals surface area contributed by atoms with Crippen LogP contribution in [0.15, 0.2) is 42.7 Å². The van der Waals surface area contributed by atoms with Crippen LogP contribution in [0.5, 0.6) is 0 Å². The molecule has 2 aliphatic rings. The van der Waals surface area contributed by atoms with Gasteiger partial charge < -0.3 is 14.2 Å². The van der Waals surface area contributed by atoms with Crippen molar-refractivity contribution in [1.82, 2.24) is 19.4 Å². The number of methoxy groups -OCH3 is 1. The van der Waals surface area contributed by atoms with Gasteiger partial charge in [0.25, 0.3) is 0 Å². The molecule has 0 N–H and O–H groups in total. The highest BCUT2D eigenvalue weighted by Gasteiger charge is 2.48. The molecule has 1 spiro atoms. The van der Waals surface area contributed by atoms with E-state index in [2.05, 4.69) is 38.7 Å². The van der Waals surface area contributed by atoms with E-state index >= 15 is 0 Å². The Bertz CT molecular complexity index is 791. The first-order valence-electron chi connectivity index (χ1n) is 10.2.